The van der Waals surface area contributed by atoms with Crippen molar-refractivity contribution in [3.05, 3.63) is 29.6 Å². The van der Waals surface area contributed by atoms with Crippen LogP contribution in [0.4, 0.5) is 16.2 Å². The van der Waals surface area contributed by atoms with Crippen molar-refractivity contribution in [1.82, 2.24) is 9.97 Å². The van der Waals surface area contributed by atoms with Gasteiger partial charge in [-0.3, -0.25) is 0 Å². The summed E-state index contributed by atoms with van der Waals surface area (Å²) in [5.41, 5.74) is 11.6. The maximum atomic E-state index is 13.4. The van der Waals surface area contributed by atoms with Crippen molar-refractivity contribution < 1.29 is 9.13 Å². The maximum Gasteiger partial charge on any atom is 0.222 e. The van der Waals surface area contributed by atoms with Crippen molar-refractivity contribution in [2.45, 2.75) is 0 Å². The number of hydrogen-bond donors (Lipinski definition) is 2. The van der Waals surface area contributed by atoms with E-state index in [9.17, 15) is 4.39 Å². The third-order valence-electron chi connectivity index (χ3n) is 2.48. The summed E-state index contributed by atoms with van der Waals surface area (Å²) in [5.74, 6) is -0.292. The minimum absolute atomic E-state index is 0.0260. The predicted molar refractivity (Wildman–Crippen MR) is 67.5 cm³/mol. The van der Waals surface area contributed by atoms with Gasteiger partial charge >= 0.3 is 0 Å². The third kappa shape index (κ3) is 2.24. The van der Waals surface area contributed by atoms with Gasteiger partial charge in [0.05, 0.1) is 12.8 Å². The Morgan fingerprint density at radius 2 is 2.05 bits per heavy atom. The van der Waals surface area contributed by atoms with Crippen LogP contribution in [-0.4, -0.2) is 17.1 Å². The second-order valence-corrected chi connectivity index (χ2v) is 3.65. The van der Waals surface area contributed by atoms with E-state index in [-0.39, 0.29) is 23.0 Å². The van der Waals surface area contributed by atoms with Crippen molar-refractivity contribution >= 4 is 11.8 Å². The Balaban J connectivity index is 2.78. The molecule has 0 saturated heterocycles. The van der Waals surface area contributed by atoms with E-state index in [1.165, 1.54) is 25.3 Å². The quantitative estimate of drug-likeness (QED) is 0.841. The molecule has 6 nitrogen and oxygen atoms in total. The van der Waals surface area contributed by atoms with E-state index < -0.39 is 5.82 Å². The van der Waals surface area contributed by atoms with Gasteiger partial charge in [0.15, 0.2) is 0 Å². The molecule has 0 fully saturated rings. The van der Waals surface area contributed by atoms with Gasteiger partial charge in [0.2, 0.25) is 5.95 Å². The first-order chi connectivity index (χ1) is 9.06. The second kappa shape index (κ2) is 4.78. The molecule has 0 aliphatic carbocycles. The summed E-state index contributed by atoms with van der Waals surface area (Å²) >= 11 is 0. The molecule has 0 aliphatic heterocycles. The number of aromatic nitrogens is 2. The van der Waals surface area contributed by atoms with Crippen molar-refractivity contribution in [2.75, 3.05) is 18.6 Å². The lowest BCUT2D eigenvalue weighted by Gasteiger charge is -2.10. The minimum Gasteiger partial charge on any atom is -0.496 e. The number of hydrogen-bond acceptors (Lipinski definition) is 6. The topological polar surface area (TPSA) is 111 Å². The number of halogens is 1. The average molecular weight is 259 g/mol. The number of anilines is 2. The first kappa shape index (κ1) is 12.6. The molecule has 2 aromatic rings. The van der Waals surface area contributed by atoms with E-state index in [4.69, 9.17) is 21.5 Å². The summed E-state index contributed by atoms with van der Waals surface area (Å²) in [6.45, 7) is 0. The van der Waals surface area contributed by atoms with Crippen LogP contribution in [0.25, 0.3) is 11.3 Å². The maximum absolute atomic E-state index is 13.4. The average Bonchev–Trinajstić information content (AvgIpc) is 2.37. The van der Waals surface area contributed by atoms with Crippen LogP contribution >= 0.6 is 0 Å². The summed E-state index contributed by atoms with van der Waals surface area (Å²) in [4.78, 5) is 7.64. The van der Waals surface area contributed by atoms with Crippen LogP contribution in [0.15, 0.2) is 18.2 Å². The monoisotopic (exact) mass is 259 g/mol. The molecule has 0 unspecified atom stereocenters. The molecule has 1 heterocycles. The molecule has 0 aliphatic rings. The second-order valence-electron chi connectivity index (χ2n) is 3.65. The van der Waals surface area contributed by atoms with Gasteiger partial charge in [-0.1, -0.05) is 0 Å². The van der Waals surface area contributed by atoms with Crippen molar-refractivity contribution in [1.29, 1.82) is 5.26 Å². The Morgan fingerprint density at radius 1 is 1.32 bits per heavy atom. The van der Waals surface area contributed by atoms with E-state index in [1.807, 2.05) is 6.07 Å². The van der Waals surface area contributed by atoms with Crippen molar-refractivity contribution in [3.63, 3.8) is 0 Å². The van der Waals surface area contributed by atoms with Crippen LogP contribution in [0, 0.1) is 17.1 Å². The van der Waals surface area contributed by atoms with E-state index in [2.05, 4.69) is 9.97 Å². The molecule has 0 saturated carbocycles. The first-order valence-electron chi connectivity index (χ1n) is 5.23. The molecule has 0 atom stereocenters. The lowest BCUT2D eigenvalue weighted by atomic mass is 10.1. The van der Waals surface area contributed by atoms with Gasteiger partial charge in [0, 0.05) is 5.56 Å². The van der Waals surface area contributed by atoms with Gasteiger partial charge in [-0.25, -0.2) is 9.37 Å². The zero-order valence-corrected chi connectivity index (χ0v) is 10.0. The molecule has 7 heteroatoms. The number of rotatable bonds is 2. The molecule has 96 valence electrons. The zero-order chi connectivity index (χ0) is 14.0. The number of benzene rings is 1. The molecule has 0 spiro atoms. The van der Waals surface area contributed by atoms with Gasteiger partial charge in [-0.2, -0.15) is 10.2 Å². The van der Waals surface area contributed by atoms with Crippen LogP contribution in [0.1, 0.15) is 5.56 Å². The first-order valence-corrected chi connectivity index (χ1v) is 5.23. The Labute approximate surface area is 108 Å². The molecule has 4 N–H and O–H groups in total. The molecule has 1 aromatic heterocycles. The molecule has 2 rings (SSSR count). The van der Waals surface area contributed by atoms with Crippen molar-refractivity contribution in [3.8, 4) is 23.1 Å². The Morgan fingerprint density at radius 3 is 2.68 bits per heavy atom. The zero-order valence-electron chi connectivity index (χ0n) is 10.0. The number of nitrogens with two attached hydrogens (primary N) is 2. The molecule has 1 aromatic carbocycles. The Kier molecular flexibility index (Phi) is 3.16. The fourth-order valence-corrected chi connectivity index (χ4v) is 1.67. The van der Waals surface area contributed by atoms with Gasteiger partial charge in [0.1, 0.15) is 29.0 Å². The van der Waals surface area contributed by atoms with Crippen LogP contribution in [0.5, 0.6) is 5.75 Å². The normalized spacial score (nSPS) is 9.95. The largest absolute Gasteiger partial charge is 0.496 e. The standard InChI is InChI=1S/C12H10FN5O/c1-19-9-3-2-6(13)4-7(9)10-8(5-14)11(15)18-12(16)17-10/h2-4H,1H3,(H4,15,16,17,18). The third-order valence-corrected chi connectivity index (χ3v) is 2.48. The summed E-state index contributed by atoms with van der Waals surface area (Å²) in [6.07, 6.45) is 0. The highest BCUT2D eigenvalue weighted by molar-refractivity contribution is 5.77. The summed E-state index contributed by atoms with van der Waals surface area (Å²) in [5, 5.41) is 9.10. The van der Waals surface area contributed by atoms with Crippen LogP contribution in [0.3, 0.4) is 0 Å². The minimum atomic E-state index is -0.490. The van der Waals surface area contributed by atoms with Gasteiger partial charge in [0.25, 0.3) is 0 Å². The Hall–Kier alpha value is -2.88. The molecule has 0 radical (unpaired) electrons. The van der Waals surface area contributed by atoms with Gasteiger partial charge < -0.3 is 16.2 Å². The highest BCUT2D eigenvalue weighted by atomic mass is 19.1. The molecular formula is C12H10FN5O. The molecular weight excluding hydrogens is 249 g/mol. The van der Waals surface area contributed by atoms with E-state index in [1.54, 1.807) is 0 Å². The van der Waals surface area contributed by atoms with E-state index >= 15 is 0 Å². The lowest BCUT2D eigenvalue weighted by molar-refractivity contribution is 0.415. The van der Waals surface area contributed by atoms with Gasteiger partial charge in [-0.05, 0) is 18.2 Å². The molecule has 19 heavy (non-hydrogen) atoms. The number of methoxy groups -OCH3 is 1. The number of nitrogens with zero attached hydrogens (tertiary/aromatic N) is 3. The fourth-order valence-electron chi connectivity index (χ4n) is 1.67. The number of nitriles is 1. The highest BCUT2D eigenvalue weighted by Crippen LogP contribution is 2.33. The lowest BCUT2D eigenvalue weighted by Crippen LogP contribution is -2.05. The van der Waals surface area contributed by atoms with E-state index in [0.29, 0.717) is 11.3 Å². The molecule has 0 bridgehead atoms. The number of ether oxygens (including phenoxy) is 1. The predicted octanol–water partition coefficient (Wildman–Crippen LogP) is 1.33. The summed E-state index contributed by atoms with van der Waals surface area (Å²) < 4.78 is 18.5. The smallest absolute Gasteiger partial charge is 0.222 e. The van der Waals surface area contributed by atoms with Crippen LogP contribution in [0.2, 0.25) is 0 Å². The fraction of sp³-hybridized carbons (Fsp3) is 0.0833. The van der Waals surface area contributed by atoms with E-state index in [0.717, 1.165) is 0 Å². The van der Waals surface area contributed by atoms with Crippen LogP contribution < -0.4 is 16.2 Å². The highest BCUT2D eigenvalue weighted by Gasteiger charge is 2.17. The SMILES string of the molecule is COc1ccc(F)cc1-c1nc(N)nc(N)c1C#N. The molecule has 0 amide bonds. The summed E-state index contributed by atoms with van der Waals surface area (Å²) in [7, 11) is 1.43. The Bertz CT molecular complexity index is 681. The number of nitrogen functional groups attached to an aromatic ring is 2. The summed E-state index contributed by atoms with van der Waals surface area (Å²) in [6, 6.07) is 5.74. The van der Waals surface area contributed by atoms with Gasteiger partial charge in [-0.15, -0.1) is 0 Å². The van der Waals surface area contributed by atoms with Crippen LogP contribution in [-0.2, 0) is 0 Å². The van der Waals surface area contributed by atoms with Crippen molar-refractivity contribution in [2.24, 2.45) is 0 Å².